The van der Waals surface area contributed by atoms with Crippen molar-refractivity contribution in [2.75, 3.05) is 11.5 Å². The van der Waals surface area contributed by atoms with Crippen molar-refractivity contribution >= 4 is 22.1 Å². The molecule has 4 aromatic rings. The largest absolute Gasteiger partial charge is 0.397 e. The molecule has 0 amide bonds. The van der Waals surface area contributed by atoms with Crippen LogP contribution in [0.3, 0.4) is 0 Å². The third kappa shape index (κ3) is 2.29. The zero-order valence-corrected chi connectivity index (χ0v) is 13.2. The van der Waals surface area contributed by atoms with Gasteiger partial charge in [0.2, 0.25) is 0 Å². The van der Waals surface area contributed by atoms with Crippen molar-refractivity contribution in [2.45, 2.75) is 0 Å². The molecule has 4 rings (SSSR count). The summed E-state index contributed by atoms with van der Waals surface area (Å²) in [6.07, 6.45) is 0. The molecule has 24 heavy (non-hydrogen) atoms. The van der Waals surface area contributed by atoms with Gasteiger partial charge < -0.3 is 11.5 Å². The SMILES string of the molecule is Nc1cccc(-c2cccc3cccc(-c4ccccc4)c23)c1N. The second-order valence-corrected chi connectivity index (χ2v) is 5.88. The Kier molecular flexibility index (Phi) is 3.43. The molecule has 0 unspecified atom stereocenters. The van der Waals surface area contributed by atoms with Gasteiger partial charge in [-0.15, -0.1) is 0 Å². The Balaban J connectivity index is 2.09. The number of para-hydroxylation sites is 1. The lowest BCUT2D eigenvalue weighted by atomic mass is 9.91. The fourth-order valence-corrected chi connectivity index (χ4v) is 3.24. The molecule has 0 aliphatic heterocycles. The lowest BCUT2D eigenvalue weighted by molar-refractivity contribution is 1.61. The third-order valence-corrected chi connectivity index (χ3v) is 4.42. The predicted octanol–water partition coefficient (Wildman–Crippen LogP) is 5.34. The molecule has 2 heteroatoms. The van der Waals surface area contributed by atoms with Crippen molar-refractivity contribution in [3.8, 4) is 22.3 Å². The molecule has 0 spiro atoms. The highest BCUT2D eigenvalue weighted by Gasteiger charge is 2.12. The minimum atomic E-state index is 0.613. The number of hydrogen-bond donors (Lipinski definition) is 2. The molecule has 0 aliphatic rings. The van der Waals surface area contributed by atoms with E-state index in [1.807, 2.05) is 24.3 Å². The highest BCUT2D eigenvalue weighted by molar-refractivity contribution is 6.08. The Morgan fingerprint density at radius 2 is 1.12 bits per heavy atom. The molecule has 0 heterocycles. The lowest BCUT2D eigenvalue weighted by Crippen LogP contribution is -1.97. The van der Waals surface area contributed by atoms with Crippen molar-refractivity contribution in [3.63, 3.8) is 0 Å². The molecular weight excluding hydrogens is 292 g/mol. The highest BCUT2D eigenvalue weighted by atomic mass is 14.7. The zero-order chi connectivity index (χ0) is 16.5. The van der Waals surface area contributed by atoms with E-state index in [9.17, 15) is 0 Å². The molecule has 2 nitrogen and oxygen atoms in total. The molecular formula is C22H18N2. The highest BCUT2D eigenvalue weighted by Crippen LogP contribution is 2.39. The maximum absolute atomic E-state index is 6.27. The Morgan fingerprint density at radius 3 is 1.88 bits per heavy atom. The second-order valence-electron chi connectivity index (χ2n) is 5.88. The number of hydrogen-bond acceptors (Lipinski definition) is 2. The van der Waals surface area contributed by atoms with Gasteiger partial charge >= 0.3 is 0 Å². The van der Waals surface area contributed by atoms with Crippen LogP contribution in [0.25, 0.3) is 33.0 Å². The van der Waals surface area contributed by atoms with Crippen LogP contribution in [0.1, 0.15) is 0 Å². The van der Waals surface area contributed by atoms with Crippen LogP contribution in [0.4, 0.5) is 11.4 Å². The Labute approximate surface area is 141 Å². The van der Waals surface area contributed by atoms with Crippen LogP contribution in [-0.2, 0) is 0 Å². The molecule has 0 radical (unpaired) electrons. The summed E-state index contributed by atoms with van der Waals surface area (Å²) in [5, 5.41) is 2.39. The molecule has 0 aliphatic carbocycles. The monoisotopic (exact) mass is 310 g/mol. The fourth-order valence-electron chi connectivity index (χ4n) is 3.24. The first kappa shape index (κ1) is 14.3. The Morgan fingerprint density at radius 1 is 0.500 bits per heavy atom. The summed E-state index contributed by atoms with van der Waals surface area (Å²) in [6, 6.07) is 28.9. The molecule has 0 bridgehead atoms. The summed E-state index contributed by atoms with van der Waals surface area (Å²) in [5.74, 6) is 0. The Bertz CT molecular complexity index is 1020. The standard InChI is InChI=1S/C22H18N2/c23-20-14-6-13-19(22(20)24)18-12-5-10-16-9-4-11-17(21(16)18)15-7-2-1-3-8-15/h1-14H,23-24H2. The van der Waals surface area contributed by atoms with Gasteiger partial charge in [-0.3, -0.25) is 0 Å². The first-order chi connectivity index (χ1) is 11.8. The average Bonchev–Trinajstić information content (AvgIpc) is 2.64. The van der Waals surface area contributed by atoms with Crippen LogP contribution >= 0.6 is 0 Å². The summed E-state index contributed by atoms with van der Waals surface area (Å²) in [6.45, 7) is 0. The van der Waals surface area contributed by atoms with Gasteiger partial charge in [-0.05, 0) is 33.5 Å². The number of benzene rings is 4. The van der Waals surface area contributed by atoms with Crippen LogP contribution in [0.5, 0.6) is 0 Å². The van der Waals surface area contributed by atoms with Gasteiger partial charge in [0.05, 0.1) is 11.4 Å². The summed E-state index contributed by atoms with van der Waals surface area (Å²) < 4.78 is 0. The number of rotatable bonds is 2. The topological polar surface area (TPSA) is 52.0 Å². The van der Waals surface area contributed by atoms with E-state index < -0.39 is 0 Å². The molecule has 0 atom stereocenters. The van der Waals surface area contributed by atoms with Crippen molar-refractivity contribution in [2.24, 2.45) is 0 Å². The molecule has 0 saturated heterocycles. The van der Waals surface area contributed by atoms with E-state index in [0.29, 0.717) is 11.4 Å². The first-order valence-electron chi connectivity index (χ1n) is 7.97. The number of fused-ring (bicyclic) bond motifs is 1. The Hall–Kier alpha value is -3.26. The van der Waals surface area contributed by atoms with Crippen molar-refractivity contribution in [1.82, 2.24) is 0 Å². The van der Waals surface area contributed by atoms with E-state index in [4.69, 9.17) is 11.5 Å². The smallest absolute Gasteiger partial charge is 0.0627 e. The van der Waals surface area contributed by atoms with Gasteiger partial charge in [0.1, 0.15) is 0 Å². The molecule has 0 saturated carbocycles. The number of nitrogens with two attached hydrogens (primary N) is 2. The molecule has 0 aromatic heterocycles. The van der Waals surface area contributed by atoms with Gasteiger partial charge in [0.15, 0.2) is 0 Å². The van der Waals surface area contributed by atoms with Gasteiger partial charge in [-0.1, -0.05) is 78.9 Å². The minimum Gasteiger partial charge on any atom is -0.397 e. The van der Waals surface area contributed by atoms with Crippen LogP contribution in [0.15, 0.2) is 84.9 Å². The average molecular weight is 310 g/mol. The second kappa shape index (κ2) is 5.74. The van der Waals surface area contributed by atoms with Crippen molar-refractivity contribution in [3.05, 3.63) is 84.9 Å². The van der Waals surface area contributed by atoms with E-state index in [2.05, 4.69) is 60.7 Å². The first-order valence-corrected chi connectivity index (χ1v) is 7.97. The maximum atomic E-state index is 6.27. The summed E-state index contributed by atoms with van der Waals surface area (Å²) in [5.41, 5.74) is 18.0. The van der Waals surface area contributed by atoms with Crippen LogP contribution in [0, 0.1) is 0 Å². The molecule has 116 valence electrons. The lowest BCUT2D eigenvalue weighted by Gasteiger charge is -2.14. The van der Waals surface area contributed by atoms with Gasteiger partial charge in [-0.2, -0.15) is 0 Å². The zero-order valence-electron chi connectivity index (χ0n) is 13.2. The maximum Gasteiger partial charge on any atom is 0.0627 e. The minimum absolute atomic E-state index is 0.613. The van der Waals surface area contributed by atoms with E-state index in [1.165, 1.54) is 21.9 Å². The van der Waals surface area contributed by atoms with Crippen molar-refractivity contribution < 1.29 is 0 Å². The summed E-state index contributed by atoms with van der Waals surface area (Å²) >= 11 is 0. The molecule has 0 fully saturated rings. The quantitative estimate of drug-likeness (QED) is 0.491. The van der Waals surface area contributed by atoms with Crippen molar-refractivity contribution in [1.29, 1.82) is 0 Å². The van der Waals surface area contributed by atoms with Crippen LogP contribution in [0.2, 0.25) is 0 Å². The fraction of sp³-hybridized carbons (Fsp3) is 0. The predicted molar refractivity (Wildman–Crippen MR) is 104 cm³/mol. The molecule has 4 N–H and O–H groups in total. The van der Waals surface area contributed by atoms with E-state index in [1.54, 1.807) is 0 Å². The van der Waals surface area contributed by atoms with Gasteiger partial charge in [0.25, 0.3) is 0 Å². The third-order valence-electron chi connectivity index (χ3n) is 4.42. The van der Waals surface area contributed by atoms with Crippen LogP contribution < -0.4 is 11.5 Å². The number of nitrogen functional groups attached to an aromatic ring is 2. The summed E-state index contributed by atoms with van der Waals surface area (Å²) in [4.78, 5) is 0. The van der Waals surface area contributed by atoms with Gasteiger partial charge in [-0.25, -0.2) is 0 Å². The normalized spacial score (nSPS) is 10.8. The van der Waals surface area contributed by atoms with E-state index >= 15 is 0 Å². The van der Waals surface area contributed by atoms with Gasteiger partial charge in [0, 0.05) is 5.56 Å². The van der Waals surface area contributed by atoms with Crippen LogP contribution in [-0.4, -0.2) is 0 Å². The van der Waals surface area contributed by atoms with E-state index in [0.717, 1.165) is 11.1 Å². The summed E-state index contributed by atoms with van der Waals surface area (Å²) in [7, 11) is 0. The number of anilines is 2. The molecule has 4 aromatic carbocycles. The van der Waals surface area contributed by atoms with E-state index in [-0.39, 0.29) is 0 Å².